The van der Waals surface area contributed by atoms with E-state index in [1.807, 2.05) is 0 Å². The lowest BCUT2D eigenvalue weighted by Crippen LogP contribution is -2.26. The monoisotopic (exact) mass is 183 g/mol. The molecule has 1 unspecified atom stereocenters. The van der Waals surface area contributed by atoms with E-state index in [9.17, 15) is 4.79 Å². The van der Waals surface area contributed by atoms with Gasteiger partial charge in [-0.05, 0) is 30.6 Å². The third-order valence-corrected chi connectivity index (χ3v) is 3.44. The predicted octanol–water partition coefficient (Wildman–Crippen LogP) is 0.939. The second-order valence-electron chi connectivity index (χ2n) is 4.31. The van der Waals surface area contributed by atoms with E-state index in [1.165, 1.54) is 19.3 Å². The van der Waals surface area contributed by atoms with E-state index >= 15 is 0 Å². The van der Waals surface area contributed by atoms with Crippen molar-refractivity contribution in [2.24, 2.45) is 11.3 Å². The zero-order chi connectivity index (χ0) is 9.31. The average molecular weight is 183 g/mol. The van der Waals surface area contributed by atoms with E-state index in [0.29, 0.717) is 5.41 Å². The number of hydrogen-bond acceptors (Lipinski definition) is 2. The van der Waals surface area contributed by atoms with Crippen LogP contribution in [0.3, 0.4) is 0 Å². The molecule has 0 aromatic carbocycles. The fourth-order valence-electron chi connectivity index (χ4n) is 2.38. The molecule has 13 heavy (non-hydrogen) atoms. The van der Waals surface area contributed by atoms with Crippen LogP contribution in [-0.4, -0.2) is 25.7 Å². The molecule has 1 N–H and O–H groups in total. The first kappa shape index (κ1) is 9.00. The summed E-state index contributed by atoms with van der Waals surface area (Å²) in [6, 6.07) is 0. The lowest BCUT2D eigenvalue weighted by Gasteiger charge is -2.22. The van der Waals surface area contributed by atoms with Crippen LogP contribution in [0.2, 0.25) is 0 Å². The van der Waals surface area contributed by atoms with Crippen LogP contribution in [0.25, 0.3) is 0 Å². The minimum absolute atomic E-state index is 0.0918. The number of carbonyl (C=O) groups is 1. The van der Waals surface area contributed by atoms with E-state index < -0.39 is 0 Å². The Labute approximate surface area is 78.8 Å². The topological polar surface area (TPSA) is 38.3 Å². The molecule has 0 aromatic rings. The number of hydrogen-bond donors (Lipinski definition) is 1. The minimum Gasteiger partial charge on any atom is -0.381 e. The molecule has 2 fully saturated rings. The van der Waals surface area contributed by atoms with Gasteiger partial charge in [-0.2, -0.15) is 0 Å². The van der Waals surface area contributed by atoms with Crippen LogP contribution in [-0.2, 0) is 9.53 Å². The number of amides is 1. The Morgan fingerprint density at radius 1 is 1.54 bits per heavy atom. The van der Waals surface area contributed by atoms with E-state index in [2.05, 4.69) is 5.32 Å². The van der Waals surface area contributed by atoms with E-state index in [1.54, 1.807) is 6.92 Å². The van der Waals surface area contributed by atoms with Gasteiger partial charge in [-0.15, -0.1) is 0 Å². The Morgan fingerprint density at radius 3 is 2.85 bits per heavy atom. The second kappa shape index (κ2) is 3.29. The van der Waals surface area contributed by atoms with Gasteiger partial charge in [0.2, 0.25) is 5.91 Å². The largest absolute Gasteiger partial charge is 0.381 e. The lowest BCUT2D eigenvalue weighted by atomic mass is 9.94. The molecular formula is C10H17NO2. The highest BCUT2D eigenvalue weighted by atomic mass is 16.5. The Kier molecular flexibility index (Phi) is 2.28. The van der Waals surface area contributed by atoms with Crippen LogP contribution in [0.1, 0.15) is 26.2 Å². The van der Waals surface area contributed by atoms with Crippen LogP contribution in [0.5, 0.6) is 0 Å². The molecule has 3 nitrogen and oxygen atoms in total. The van der Waals surface area contributed by atoms with Crippen molar-refractivity contribution in [2.45, 2.75) is 26.2 Å². The summed E-state index contributed by atoms with van der Waals surface area (Å²) in [4.78, 5) is 10.7. The van der Waals surface area contributed by atoms with Crippen molar-refractivity contribution in [3.8, 4) is 0 Å². The Hall–Kier alpha value is -0.570. The summed E-state index contributed by atoms with van der Waals surface area (Å²) in [6.07, 6.45) is 3.67. The molecule has 1 saturated carbocycles. The van der Waals surface area contributed by atoms with Gasteiger partial charge in [0, 0.05) is 26.7 Å². The van der Waals surface area contributed by atoms with Gasteiger partial charge in [0.1, 0.15) is 0 Å². The van der Waals surface area contributed by atoms with Gasteiger partial charge >= 0.3 is 0 Å². The highest BCUT2D eigenvalue weighted by molar-refractivity contribution is 5.72. The summed E-state index contributed by atoms with van der Waals surface area (Å²) >= 11 is 0. The van der Waals surface area contributed by atoms with Crippen molar-refractivity contribution in [1.29, 1.82) is 0 Å². The van der Waals surface area contributed by atoms with Crippen molar-refractivity contribution in [3.05, 3.63) is 0 Å². The van der Waals surface area contributed by atoms with Gasteiger partial charge in [-0.3, -0.25) is 4.79 Å². The molecule has 0 bridgehead atoms. The fraction of sp³-hybridized carbons (Fsp3) is 0.900. The fourth-order valence-corrected chi connectivity index (χ4v) is 2.38. The van der Waals surface area contributed by atoms with Gasteiger partial charge < -0.3 is 10.1 Å². The van der Waals surface area contributed by atoms with Gasteiger partial charge in [-0.1, -0.05) is 0 Å². The Balaban J connectivity index is 1.76. The molecule has 1 atom stereocenters. The highest BCUT2D eigenvalue weighted by Gasteiger charge is 2.53. The van der Waals surface area contributed by atoms with Gasteiger partial charge in [-0.25, -0.2) is 0 Å². The molecule has 0 aromatic heterocycles. The van der Waals surface area contributed by atoms with Crippen molar-refractivity contribution >= 4 is 5.91 Å². The van der Waals surface area contributed by atoms with Crippen LogP contribution >= 0.6 is 0 Å². The van der Waals surface area contributed by atoms with Crippen LogP contribution < -0.4 is 5.32 Å². The summed E-state index contributed by atoms with van der Waals surface area (Å²) < 4.78 is 5.33. The average Bonchev–Trinajstić information content (AvgIpc) is 2.77. The summed E-state index contributed by atoms with van der Waals surface area (Å²) in [6.45, 7) is 4.28. The molecule has 2 aliphatic rings. The Morgan fingerprint density at radius 2 is 2.23 bits per heavy atom. The molecule has 0 radical (unpaired) electrons. The van der Waals surface area contributed by atoms with Crippen molar-refractivity contribution in [1.82, 2.24) is 5.32 Å². The molecule has 1 aliphatic heterocycles. The highest BCUT2D eigenvalue weighted by Crippen LogP contribution is 2.58. The van der Waals surface area contributed by atoms with E-state index in [0.717, 1.165) is 25.7 Å². The zero-order valence-corrected chi connectivity index (χ0v) is 8.14. The Bertz CT molecular complexity index is 209. The predicted molar refractivity (Wildman–Crippen MR) is 49.3 cm³/mol. The molecule has 3 heteroatoms. The molecule has 2 rings (SSSR count). The first-order valence-corrected chi connectivity index (χ1v) is 5.05. The molecule has 1 amide bonds. The SMILES string of the molecule is CC(=O)NCC1CC12CCOCC2. The van der Waals surface area contributed by atoms with Gasteiger partial charge in [0.15, 0.2) is 0 Å². The zero-order valence-electron chi connectivity index (χ0n) is 8.14. The number of nitrogens with one attached hydrogen (secondary N) is 1. The van der Waals surface area contributed by atoms with Crippen LogP contribution in [0.15, 0.2) is 0 Å². The van der Waals surface area contributed by atoms with Gasteiger partial charge in [0.25, 0.3) is 0 Å². The maximum Gasteiger partial charge on any atom is 0.216 e. The summed E-state index contributed by atoms with van der Waals surface area (Å²) in [5, 5.41) is 2.90. The lowest BCUT2D eigenvalue weighted by molar-refractivity contribution is -0.119. The number of rotatable bonds is 2. The maximum absolute atomic E-state index is 10.7. The van der Waals surface area contributed by atoms with Crippen LogP contribution in [0.4, 0.5) is 0 Å². The number of carbonyl (C=O) groups excluding carboxylic acids is 1. The normalized spacial score (nSPS) is 30.1. The van der Waals surface area contributed by atoms with Gasteiger partial charge in [0.05, 0.1) is 0 Å². The summed E-state index contributed by atoms with van der Waals surface area (Å²) in [5.74, 6) is 0.814. The first-order chi connectivity index (χ1) is 6.23. The van der Waals surface area contributed by atoms with Crippen molar-refractivity contribution < 1.29 is 9.53 Å². The maximum atomic E-state index is 10.7. The minimum atomic E-state index is 0.0918. The standard InChI is InChI=1S/C10H17NO2/c1-8(12)11-7-9-6-10(9)2-4-13-5-3-10/h9H,2-7H2,1H3,(H,11,12). The molecule has 1 spiro atoms. The summed E-state index contributed by atoms with van der Waals surface area (Å²) in [7, 11) is 0. The molecule has 1 saturated heterocycles. The smallest absolute Gasteiger partial charge is 0.216 e. The first-order valence-electron chi connectivity index (χ1n) is 5.05. The van der Waals surface area contributed by atoms with E-state index in [4.69, 9.17) is 4.74 Å². The molecule has 1 heterocycles. The summed E-state index contributed by atoms with van der Waals surface area (Å²) in [5.41, 5.74) is 0.542. The molecule has 1 aliphatic carbocycles. The molecular weight excluding hydrogens is 166 g/mol. The third kappa shape index (κ3) is 1.85. The van der Waals surface area contributed by atoms with E-state index in [-0.39, 0.29) is 5.91 Å². The van der Waals surface area contributed by atoms with Crippen LogP contribution in [0, 0.1) is 11.3 Å². The van der Waals surface area contributed by atoms with Crippen molar-refractivity contribution in [2.75, 3.05) is 19.8 Å². The van der Waals surface area contributed by atoms with Crippen molar-refractivity contribution in [3.63, 3.8) is 0 Å². The molecule has 74 valence electrons. The number of ether oxygens (including phenoxy) is 1. The quantitative estimate of drug-likeness (QED) is 0.692. The second-order valence-corrected chi connectivity index (χ2v) is 4.31. The third-order valence-electron chi connectivity index (χ3n) is 3.44.